The summed E-state index contributed by atoms with van der Waals surface area (Å²) in [6.45, 7) is 2.96. The van der Waals surface area contributed by atoms with Gasteiger partial charge in [0.05, 0.1) is 33.2 Å². The molecule has 2 aromatic heterocycles. The van der Waals surface area contributed by atoms with Crippen molar-refractivity contribution in [2.45, 2.75) is 43.5 Å². The number of benzene rings is 2. The van der Waals surface area contributed by atoms with E-state index in [1.807, 2.05) is 37.4 Å². The summed E-state index contributed by atoms with van der Waals surface area (Å²) in [7, 11) is 3.67. The van der Waals surface area contributed by atoms with Crippen LogP contribution >= 0.6 is 0 Å². The second kappa shape index (κ2) is 8.62. The number of amides is 1. The fourth-order valence-electron chi connectivity index (χ4n) is 4.74. The molecule has 3 heterocycles. The zero-order valence-corrected chi connectivity index (χ0v) is 20.5. The number of nitrogens with one attached hydrogen (secondary N) is 3. The highest BCUT2D eigenvalue weighted by molar-refractivity contribution is 6.11. The summed E-state index contributed by atoms with van der Waals surface area (Å²) in [6, 6.07) is 14.2. The number of nitrogens with zero attached hydrogens (tertiary/aromatic N) is 2. The normalized spacial score (nSPS) is 19.1. The number of carbonyl (C=O) groups is 1. The van der Waals surface area contributed by atoms with E-state index in [0.717, 1.165) is 59.0 Å². The summed E-state index contributed by atoms with van der Waals surface area (Å²) < 4.78 is 6.06. The molecule has 8 heteroatoms. The number of carbonyl (C=O) groups excluding carboxylic acids is 1. The Hall–Kier alpha value is -3.49. The molecular weight excluding hydrogens is 454 g/mol. The Morgan fingerprint density at radius 2 is 2.09 bits per heavy atom. The van der Waals surface area contributed by atoms with Crippen LogP contribution in [-0.2, 0) is 5.54 Å². The lowest BCUT2D eigenvalue weighted by molar-refractivity contribution is 0.0929. The molecule has 1 aliphatic carbocycles. The summed E-state index contributed by atoms with van der Waals surface area (Å²) in [5, 5.41) is 14.7. The summed E-state index contributed by atoms with van der Waals surface area (Å²) in [4.78, 5) is 18.2. The molecule has 4 aromatic rings. The minimum atomic E-state index is -0.422. The highest BCUT2D eigenvalue weighted by atomic mass is 28.1. The first-order chi connectivity index (χ1) is 17.0. The van der Waals surface area contributed by atoms with Crippen LogP contribution in [0, 0.1) is 6.92 Å². The van der Waals surface area contributed by atoms with Crippen LogP contribution in [0.25, 0.3) is 22.0 Å². The Balaban J connectivity index is 1.31. The minimum Gasteiger partial charge on any atom is -0.493 e. The number of aromatic amines is 1. The van der Waals surface area contributed by atoms with Crippen molar-refractivity contribution in [3.63, 3.8) is 0 Å². The monoisotopic (exact) mass is 480 g/mol. The van der Waals surface area contributed by atoms with Gasteiger partial charge in [-0.25, -0.2) is 0 Å². The third-order valence-electron chi connectivity index (χ3n) is 7.11. The number of aryl methyl sites for hydroxylation is 1. The maximum atomic E-state index is 13.6. The van der Waals surface area contributed by atoms with E-state index >= 15 is 0 Å². The summed E-state index contributed by atoms with van der Waals surface area (Å²) >= 11 is 0. The first-order valence-corrected chi connectivity index (χ1v) is 12.5. The molecule has 0 bridgehead atoms. The number of rotatable bonds is 7. The molecule has 2 fully saturated rings. The maximum absolute atomic E-state index is 13.6. The third-order valence-corrected chi connectivity index (χ3v) is 7.63. The largest absolute Gasteiger partial charge is 0.493 e. The van der Waals surface area contributed by atoms with E-state index in [9.17, 15) is 4.79 Å². The number of ether oxygens (including phenoxy) is 1. The molecular formula is C27H26N5O2Si. The molecule has 7 nitrogen and oxygen atoms in total. The summed E-state index contributed by atoms with van der Waals surface area (Å²) in [5.41, 5.74) is 5.00. The molecule has 0 spiro atoms. The first kappa shape index (κ1) is 22.0. The lowest BCUT2D eigenvalue weighted by Crippen LogP contribution is -2.53. The molecule has 1 aliphatic heterocycles. The van der Waals surface area contributed by atoms with Crippen LogP contribution in [0.15, 0.2) is 61.1 Å². The number of aromatic nitrogens is 3. The number of pyridine rings is 1. The van der Waals surface area contributed by atoms with Gasteiger partial charge in [-0.2, -0.15) is 5.10 Å². The number of H-pyrrole nitrogens is 1. The zero-order valence-electron chi connectivity index (χ0n) is 19.5. The molecule has 1 saturated heterocycles. The average molecular weight is 481 g/mol. The molecule has 3 radical (unpaired) electrons. The van der Waals surface area contributed by atoms with Gasteiger partial charge in [0.15, 0.2) is 0 Å². The molecule has 2 aromatic carbocycles. The fraction of sp³-hybridized carbons (Fsp3) is 0.296. The quantitative estimate of drug-likeness (QED) is 0.352. The number of hydrogen-bond donors (Lipinski definition) is 3. The highest BCUT2D eigenvalue weighted by Crippen LogP contribution is 2.49. The number of fused-ring (bicyclic) bond motifs is 1. The second-order valence-corrected chi connectivity index (χ2v) is 10.1. The standard InChI is InChI=1S/C27H26N5O2Si/c1-16-4-5-19(34-26(35)23-6-10-29-23)13-21(16)25(33)32-27(7-8-27)22-11-17(18-14-30-31-15-18)12-24-20(22)3-2-9-28-24/h2-5,9,11-15,23,26,29H,6-8,10H2,1H3,(H,30,31)(H,32,33)/t23-,26?/m0/s1. The van der Waals surface area contributed by atoms with Gasteiger partial charge in [0.25, 0.3) is 5.91 Å². The van der Waals surface area contributed by atoms with Crippen molar-refractivity contribution in [1.29, 1.82) is 0 Å². The van der Waals surface area contributed by atoms with Gasteiger partial charge in [-0.05, 0) is 79.8 Å². The van der Waals surface area contributed by atoms with Crippen LogP contribution in [0.5, 0.6) is 5.75 Å². The average Bonchev–Trinajstić information content (AvgIpc) is 3.38. The smallest absolute Gasteiger partial charge is 0.252 e. The van der Waals surface area contributed by atoms with Crippen molar-refractivity contribution in [3.8, 4) is 16.9 Å². The zero-order chi connectivity index (χ0) is 24.0. The van der Waals surface area contributed by atoms with E-state index in [2.05, 4.69) is 54.3 Å². The van der Waals surface area contributed by atoms with Crippen LogP contribution in [0.3, 0.4) is 0 Å². The van der Waals surface area contributed by atoms with Crippen molar-refractivity contribution >= 4 is 27.1 Å². The molecule has 2 atom stereocenters. The summed E-state index contributed by atoms with van der Waals surface area (Å²) in [5.74, 6) is 0.583. The van der Waals surface area contributed by atoms with Crippen LogP contribution in [0.2, 0.25) is 0 Å². The van der Waals surface area contributed by atoms with E-state index in [0.29, 0.717) is 11.3 Å². The van der Waals surface area contributed by atoms with E-state index in [4.69, 9.17) is 4.74 Å². The van der Waals surface area contributed by atoms with Gasteiger partial charge in [0, 0.05) is 34.9 Å². The molecule has 1 unspecified atom stereocenters. The van der Waals surface area contributed by atoms with Gasteiger partial charge >= 0.3 is 0 Å². The molecule has 2 aliphatic rings. The van der Waals surface area contributed by atoms with Crippen molar-refractivity contribution in [2.75, 3.05) is 6.54 Å². The van der Waals surface area contributed by atoms with E-state index in [1.54, 1.807) is 12.4 Å². The van der Waals surface area contributed by atoms with Crippen molar-refractivity contribution in [1.82, 2.24) is 25.8 Å². The Labute approximate surface area is 207 Å². The third kappa shape index (κ3) is 4.13. The van der Waals surface area contributed by atoms with Crippen LogP contribution in [-0.4, -0.2) is 49.6 Å². The van der Waals surface area contributed by atoms with Crippen molar-refractivity contribution in [3.05, 3.63) is 77.7 Å². The Kier molecular flexibility index (Phi) is 5.42. The summed E-state index contributed by atoms with van der Waals surface area (Å²) in [6.07, 6.45) is 8.30. The Morgan fingerprint density at radius 3 is 2.80 bits per heavy atom. The maximum Gasteiger partial charge on any atom is 0.252 e. The lowest BCUT2D eigenvalue weighted by Gasteiger charge is -2.33. The van der Waals surface area contributed by atoms with Gasteiger partial charge in [-0.1, -0.05) is 12.1 Å². The number of hydrogen-bond acceptors (Lipinski definition) is 5. The Morgan fingerprint density at radius 1 is 1.23 bits per heavy atom. The Bertz CT molecular complexity index is 1400. The first-order valence-electron chi connectivity index (χ1n) is 12.0. The van der Waals surface area contributed by atoms with Crippen LogP contribution in [0.1, 0.15) is 40.7 Å². The van der Waals surface area contributed by atoms with Gasteiger partial charge < -0.3 is 15.4 Å². The predicted molar refractivity (Wildman–Crippen MR) is 135 cm³/mol. The molecule has 1 amide bonds. The van der Waals surface area contributed by atoms with Crippen molar-refractivity contribution in [2.24, 2.45) is 0 Å². The van der Waals surface area contributed by atoms with Crippen molar-refractivity contribution < 1.29 is 9.53 Å². The molecule has 1 saturated carbocycles. The highest BCUT2D eigenvalue weighted by Gasteiger charge is 2.47. The van der Waals surface area contributed by atoms with E-state index < -0.39 is 5.54 Å². The van der Waals surface area contributed by atoms with Gasteiger partial charge in [0.1, 0.15) is 5.75 Å². The molecule has 3 N–H and O–H groups in total. The predicted octanol–water partition coefficient (Wildman–Crippen LogP) is 3.59. The molecule has 35 heavy (non-hydrogen) atoms. The van der Waals surface area contributed by atoms with Gasteiger partial charge in [-0.15, -0.1) is 0 Å². The topological polar surface area (TPSA) is 91.9 Å². The molecule has 6 rings (SSSR count). The van der Waals surface area contributed by atoms with Gasteiger partial charge in [0.2, 0.25) is 0 Å². The van der Waals surface area contributed by atoms with Gasteiger partial charge in [-0.3, -0.25) is 14.9 Å². The minimum absolute atomic E-state index is 0.0940. The van der Waals surface area contributed by atoms with Crippen LogP contribution < -0.4 is 15.4 Å². The second-order valence-electron chi connectivity index (χ2n) is 9.48. The van der Waals surface area contributed by atoms with E-state index in [-0.39, 0.29) is 17.7 Å². The fourth-order valence-corrected chi connectivity index (χ4v) is 5.16. The SMILES string of the molecule is Cc1ccc(OC([Si])[C@@H]2CCN2)cc1C(=O)NC1(c2cc(-c3cn[nH]c3)cc3ncccc23)CC1. The van der Waals surface area contributed by atoms with E-state index in [1.165, 1.54) is 0 Å². The lowest BCUT2D eigenvalue weighted by atomic mass is 9.94. The molecule has 175 valence electrons. The van der Waals surface area contributed by atoms with Crippen LogP contribution in [0.4, 0.5) is 0 Å².